The highest BCUT2D eigenvalue weighted by molar-refractivity contribution is 5.97. The molecule has 0 aromatic heterocycles. The van der Waals surface area contributed by atoms with Crippen LogP contribution in [0.4, 0.5) is 0 Å². The smallest absolute Gasteiger partial charge is 0.338 e. The first kappa shape index (κ1) is 17.2. The largest absolute Gasteiger partial charge is 0.462 e. The predicted molar refractivity (Wildman–Crippen MR) is 82.3 cm³/mol. The van der Waals surface area contributed by atoms with Gasteiger partial charge in [0.1, 0.15) is 0 Å². The Morgan fingerprint density at radius 2 is 1.86 bits per heavy atom. The molecule has 1 amide bonds. The second-order valence-corrected chi connectivity index (χ2v) is 4.76. The third-order valence-corrected chi connectivity index (χ3v) is 3.05. The van der Waals surface area contributed by atoms with Crippen molar-refractivity contribution < 1.29 is 14.3 Å². The zero-order chi connectivity index (χ0) is 15.5. The van der Waals surface area contributed by atoms with Crippen molar-refractivity contribution in [3.8, 4) is 0 Å². The van der Waals surface area contributed by atoms with Crippen LogP contribution in [0.5, 0.6) is 0 Å². The van der Waals surface area contributed by atoms with Gasteiger partial charge in [0.15, 0.2) is 0 Å². The third-order valence-electron chi connectivity index (χ3n) is 3.05. The summed E-state index contributed by atoms with van der Waals surface area (Å²) in [6.07, 6.45) is 4.10. The fraction of sp³-hybridized carbons (Fsp3) is 0.500. The van der Waals surface area contributed by atoms with E-state index >= 15 is 0 Å². The lowest BCUT2D eigenvalue weighted by Crippen LogP contribution is -2.24. The third kappa shape index (κ3) is 6.40. The van der Waals surface area contributed by atoms with Crippen LogP contribution in [-0.4, -0.2) is 31.6 Å². The highest BCUT2D eigenvalue weighted by Crippen LogP contribution is 2.07. The topological polar surface area (TPSA) is 81.4 Å². The van der Waals surface area contributed by atoms with E-state index < -0.39 is 5.97 Å². The molecule has 1 aromatic rings. The van der Waals surface area contributed by atoms with E-state index in [0.717, 1.165) is 25.7 Å². The standard InChI is InChI=1S/C16H24N2O3/c1-2-21-16(20)14-9-7-8-13(12-14)15(19)18-11-6-4-3-5-10-17/h7-9,12H,2-6,10-11,17H2,1H3,(H,18,19). The number of hydrogen-bond donors (Lipinski definition) is 2. The number of ether oxygens (including phenoxy) is 1. The van der Waals surface area contributed by atoms with Crippen molar-refractivity contribution in [2.24, 2.45) is 5.73 Å². The van der Waals surface area contributed by atoms with Gasteiger partial charge in [-0.2, -0.15) is 0 Å². The molecule has 0 spiro atoms. The first-order valence-corrected chi connectivity index (χ1v) is 7.44. The summed E-state index contributed by atoms with van der Waals surface area (Å²) >= 11 is 0. The second-order valence-electron chi connectivity index (χ2n) is 4.76. The van der Waals surface area contributed by atoms with Crippen LogP contribution in [0.2, 0.25) is 0 Å². The Labute approximate surface area is 125 Å². The molecule has 5 heteroatoms. The van der Waals surface area contributed by atoms with Gasteiger partial charge in [-0.05, 0) is 44.5 Å². The van der Waals surface area contributed by atoms with Gasteiger partial charge in [-0.1, -0.05) is 18.9 Å². The Morgan fingerprint density at radius 3 is 2.57 bits per heavy atom. The highest BCUT2D eigenvalue weighted by atomic mass is 16.5. The molecule has 116 valence electrons. The van der Waals surface area contributed by atoms with Crippen molar-refractivity contribution in [3.05, 3.63) is 35.4 Å². The van der Waals surface area contributed by atoms with Gasteiger partial charge < -0.3 is 15.8 Å². The van der Waals surface area contributed by atoms with E-state index in [1.165, 1.54) is 0 Å². The van der Waals surface area contributed by atoms with Crippen molar-refractivity contribution in [1.29, 1.82) is 0 Å². The van der Waals surface area contributed by atoms with Crippen LogP contribution >= 0.6 is 0 Å². The monoisotopic (exact) mass is 292 g/mol. The maximum Gasteiger partial charge on any atom is 0.338 e. The van der Waals surface area contributed by atoms with Crippen LogP contribution in [0.3, 0.4) is 0 Å². The Kier molecular flexibility index (Phi) is 8.12. The van der Waals surface area contributed by atoms with Crippen molar-refractivity contribution in [2.45, 2.75) is 32.6 Å². The number of amides is 1. The molecule has 1 aromatic carbocycles. The molecule has 3 N–H and O–H groups in total. The zero-order valence-corrected chi connectivity index (χ0v) is 12.6. The SMILES string of the molecule is CCOC(=O)c1cccc(C(=O)NCCCCCCN)c1. The molecule has 5 nitrogen and oxygen atoms in total. The quantitative estimate of drug-likeness (QED) is 0.539. The average molecular weight is 292 g/mol. The second kappa shape index (κ2) is 9.94. The number of nitrogens with one attached hydrogen (secondary N) is 1. The van der Waals surface area contributed by atoms with Gasteiger partial charge in [0, 0.05) is 12.1 Å². The lowest BCUT2D eigenvalue weighted by atomic mass is 10.1. The van der Waals surface area contributed by atoms with E-state index in [0.29, 0.717) is 30.8 Å². The molecule has 0 fully saturated rings. The number of nitrogens with two attached hydrogens (primary N) is 1. The van der Waals surface area contributed by atoms with Crippen LogP contribution in [0.15, 0.2) is 24.3 Å². The van der Waals surface area contributed by atoms with Crippen LogP contribution in [0.25, 0.3) is 0 Å². The number of hydrogen-bond acceptors (Lipinski definition) is 4. The Hall–Kier alpha value is -1.88. The number of esters is 1. The molecule has 0 saturated heterocycles. The summed E-state index contributed by atoms with van der Waals surface area (Å²) in [5.74, 6) is -0.575. The molecule has 0 aliphatic heterocycles. The minimum Gasteiger partial charge on any atom is -0.462 e. The van der Waals surface area contributed by atoms with E-state index in [1.807, 2.05) is 0 Å². The van der Waals surface area contributed by atoms with Crippen LogP contribution in [0.1, 0.15) is 53.3 Å². The summed E-state index contributed by atoms with van der Waals surface area (Å²) in [5.41, 5.74) is 6.29. The number of unbranched alkanes of at least 4 members (excludes halogenated alkanes) is 3. The minimum absolute atomic E-state index is 0.167. The van der Waals surface area contributed by atoms with E-state index in [-0.39, 0.29) is 5.91 Å². The molecule has 0 atom stereocenters. The van der Waals surface area contributed by atoms with Crippen LogP contribution in [-0.2, 0) is 4.74 Å². The van der Waals surface area contributed by atoms with Crippen molar-refractivity contribution in [2.75, 3.05) is 19.7 Å². The summed E-state index contributed by atoms with van der Waals surface area (Å²) in [6, 6.07) is 6.57. The Bertz CT molecular complexity index is 461. The summed E-state index contributed by atoms with van der Waals surface area (Å²) in [7, 11) is 0. The Morgan fingerprint density at radius 1 is 1.14 bits per heavy atom. The molecule has 0 unspecified atom stereocenters. The lowest BCUT2D eigenvalue weighted by molar-refractivity contribution is 0.0526. The number of carbonyl (C=O) groups is 2. The Balaban J connectivity index is 2.43. The van der Waals surface area contributed by atoms with E-state index in [2.05, 4.69) is 5.32 Å². The summed E-state index contributed by atoms with van der Waals surface area (Å²) in [5, 5.41) is 2.85. The fourth-order valence-electron chi connectivity index (χ4n) is 1.93. The predicted octanol–water partition coefficient (Wildman–Crippen LogP) is 2.11. The van der Waals surface area contributed by atoms with Crippen molar-refractivity contribution in [3.63, 3.8) is 0 Å². The summed E-state index contributed by atoms with van der Waals surface area (Å²) in [6.45, 7) is 3.41. The van der Waals surface area contributed by atoms with Gasteiger partial charge in [0.25, 0.3) is 5.91 Å². The van der Waals surface area contributed by atoms with Gasteiger partial charge in [-0.15, -0.1) is 0 Å². The number of rotatable bonds is 9. The molecule has 0 aliphatic rings. The molecular formula is C16H24N2O3. The highest BCUT2D eigenvalue weighted by Gasteiger charge is 2.10. The van der Waals surface area contributed by atoms with E-state index in [1.54, 1.807) is 31.2 Å². The normalized spacial score (nSPS) is 10.2. The number of benzene rings is 1. The van der Waals surface area contributed by atoms with Gasteiger partial charge >= 0.3 is 5.97 Å². The molecule has 0 radical (unpaired) electrons. The lowest BCUT2D eigenvalue weighted by Gasteiger charge is -2.07. The molecule has 0 heterocycles. The maximum absolute atomic E-state index is 12.0. The van der Waals surface area contributed by atoms with Gasteiger partial charge in [0.2, 0.25) is 0 Å². The first-order valence-electron chi connectivity index (χ1n) is 7.44. The average Bonchev–Trinajstić information content (AvgIpc) is 2.51. The van der Waals surface area contributed by atoms with E-state index in [9.17, 15) is 9.59 Å². The molecule has 1 rings (SSSR count). The first-order chi connectivity index (χ1) is 10.2. The fourth-order valence-corrected chi connectivity index (χ4v) is 1.93. The van der Waals surface area contributed by atoms with Gasteiger partial charge in [0.05, 0.1) is 12.2 Å². The van der Waals surface area contributed by atoms with Gasteiger partial charge in [-0.25, -0.2) is 4.79 Å². The molecule has 0 bridgehead atoms. The molecule has 21 heavy (non-hydrogen) atoms. The summed E-state index contributed by atoms with van der Waals surface area (Å²) in [4.78, 5) is 23.6. The van der Waals surface area contributed by atoms with Gasteiger partial charge in [-0.3, -0.25) is 4.79 Å². The molecular weight excluding hydrogens is 268 g/mol. The summed E-state index contributed by atoms with van der Waals surface area (Å²) < 4.78 is 4.92. The van der Waals surface area contributed by atoms with Crippen molar-refractivity contribution >= 4 is 11.9 Å². The minimum atomic E-state index is -0.408. The molecule has 0 saturated carbocycles. The molecule has 0 aliphatic carbocycles. The zero-order valence-electron chi connectivity index (χ0n) is 12.6. The van der Waals surface area contributed by atoms with Crippen LogP contribution < -0.4 is 11.1 Å². The number of carbonyl (C=O) groups excluding carboxylic acids is 2. The van der Waals surface area contributed by atoms with Crippen molar-refractivity contribution in [1.82, 2.24) is 5.32 Å². The van der Waals surface area contributed by atoms with Crippen LogP contribution in [0, 0.1) is 0 Å². The maximum atomic E-state index is 12.0. The van der Waals surface area contributed by atoms with E-state index in [4.69, 9.17) is 10.5 Å².